The Hall–Kier alpha value is -2.33. The van der Waals surface area contributed by atoms with Crippen LogP contribution in [-0.4, -0.2) is 54.1 Å². The number of aliphatic carboxylic acids is 1. The number of carbonyl (C=O) groups excluding carboxylic acids is 3. The quantitative estimate of drug-likeness (QED) is 0.426. The fraction of sp³-hybridized carbons (Fsp3) is 0.692. The SMILES string of the molecule is CC(C)C[C@H](NC(=O)CNC(=O)CC(=O)NCC(F)(F)F)C(=O)O. The van der Waals surface area contributed by atoms with Gasteiger partial charge in [0.15, 0.2) is 0 Å². The number of rotatable bonds is 9. The molecule has 0 spiro atoms. The van der Waals surface area contributed by atoms with E-state index in [1.165, 1.54) is 5.32 Å². The third-order valence-electron chi connectivity index (χ3n) is 2.59. The summed E-state index contributed by atoms with van der Waals surface area (Å²) < 4.78 is 35.6. The summed E-state index contributed by atoms with van der Waals surface area (Å²) in [5.74, 6) is -4.10. The van der Waals surface area contributed by atoms with Gasteiger partial charge in [-0.25, -0.2) is 4.79 Å². The van der Waals surface area contributed by atoms with Crippen molar-refractivity contribution in [2.24, 2.45) is 5.92 Å². The van der Waals surface area contributed by atoms with Crippen LogP contribution in [0.1, 0.15) is 26.7 Å². The van der Waals surface area contributed by atoms with Gasteiger partial charge >= 0.3 is 12.1 Å². The second-order valence-electron chi connectivity index (χ2n) is 5.43. The molecule has 0 saturated heterocycles. The average molecular weight is 355 g/mol. The van der Waals surface area contributed by atoms with Crippen molar-refractivity contribution < 1.29 is 37.5 Å². The number of carboxylic acids is 1. The van der Waals surface area contributed by atoms with E-state index in [1.54, 1.807) is 13.8 Å². The lowest BCUT2D eigenvalue weighted by Crippen LogP contribution is -2.46. The minimum Gasteiger partial charge on any atom is -0.480 e. The van der Waals surface area contributed by atoms with Gasteiger partial charge in [-0.2, -0.15) is 13.2 Å². The summed E-state index contributed by atoms with van der Waals surface area (Å²) in [5.41, 5.74) is 0. The first-order valence-corrected chi connectivity index (χ1v) is 7.03. The average Bonchev–Trinajstić information content (AvgIpc) is 2.41. The number of carboxylic acid groups (broad SMARTS) is 1. The van der Waals surface area contributed by atoms with Crippen molar-refractivity contribution in [1.29, 1.82) is 0 Å². The first-order valence-electron chi connectivity index (χ1n) is 7.03. The van der Waals surface area contributed by atoms with Gasteiger partial charge in [0, 0.05) is 0 Å². The lowest BCUT2D eigenvalue weighted by Gasteiger charge is -2.16. The topological polar surface area (TPSA) is 125 Å². The zero-order chi connectivity index (χ0) is 18.9. The molecule has 0 bridgehead atoms. The summed E-state index contributed by atoms with van der Waals surface area (Å²) in [6.07, 6.45) is -5.28. The summed E-state index contributed by atoms with van der Waals surface area (Å²) in [7, 11) is 0. The van der Waals surface area contributed by atoms with Crippen molar-refractivity contribution in [3.8, 4) is 0 Å². The molecule has 138 valence electrons. The molecule has 0 radical (unpaired) electrons. The molecule has 3 amide bonds. The van der Waals surface area contributed by atoms with Crippen LogP contribution < -0.4 is 16.0 Å². The molecule has 0 unspecified atom stereocenters. The maximum absolute atomic E-state index is 11.9. The maximum atomic E-state index is 11.9. The lowest BCUT2D eigenvalue weighted by molar-refractivity contribution is -0.142. The molecule has 0 aromatic heterocycles. The van der Waals surface area contributed by atoms with Crippen LogP contribution in [-0.2, 0) is 19.2 Å². The van der Waals surface area contributed by atoms with Gasteiger partial charge in [0.25, 0.3) is 0 Å². The summed E-state index contributed by atoms with van der Waals surface area (Å²) in [6.45, 7) is 1.38. The van der Waals surface area contributed by atoms with Crippen LogP contribution in [0.25, 0.3) is 0 Å². The van der Waals surface area contributed by atoms with E-state index in [-0.39, 0.29) is 12.3 Å². The molecule has 1 atom stereocenters. The summed E-state index contributed by atoms with van der Waals surface area (Å²) in [6, 6.07) is -1.12. The third-order valence-corrected chi connectivity index (χ3v) is 2.59. The minimum atomic E-state index is -4.59. The highest BCUT2D eigenvalue weighted by Gasteiger charge is 2.28. The van der Waals surface area contributed by atoms with Crippen molar-refractivity contribution in [3.05, 3.63) is 0 Å². The molecule has 0 fully saturated rings. The van der Waals surface area contributed by atoms with Crippen LogP contribution in [0.5, 0.6) is 0 Å². The van der Waals surface area contributed by atoms with Crippen molar-refractivity contribution in [3.63, 3.8) is 0 Å². The molecule has 0 aliphatic heterocycles. The molecule has 0 rings (SSSR count). The van der Waals surface area contributed by atoms with Crippen LogP contribution in [0.2, 0.25) is 0 Å². The zero-order valence-corrected chi connectivity index (χ0v) is 13.2. The van der Waals surface area contributed by atoms with Gasteiger partial charge in [-0.05, 0) is 12.3 Å². The standard InChI is InChI=1S/C13H20F3N3O5/c1-7(2)3-8(12(23)24)19-11(22)5-17-9(20)4-10(21)18-6-13(14,15)16/h7-8H,3-6H2,1-2H3,(H,17,20)(H,18,21)(H,19,22)(H,23,24)/t8-/m0/s1. The molecule has 0 saturated carbocycles. The lowest BCUT2D eigenvalue weighted by atomic mass is 10.0. The minimum absolute atomic E-state index is 0.0123. The van der Waals surface area contributed by atoms with Crippen LogP contribution >= 0.6 is 0 Å². The molecular formula is C13H20F3N3O5. The van der Waals surface area contributed by atoms with Gasteiger partial charge in [-0.3, -0.25) is 14.4 Å². The van der Waals surface area contributed by atoms with Crippen molar-refractivity contribution in [2.75, 3.05) is 13.1 Å². The smallest absolute Gasteiger partial charge is 0.405 e. The molecule has 0 aliphatic carbocycles. The second kappa shape index (κ2) is 9.73. The Morgan fingerprint density at radius 3 is 2.00 bits per heavy atom. The van der Waals surface area contributed by atoms with Crippen molar-refractivity contribution in [1.82, 2.24) is 16.0 Å². The largest absolute Gasteiger partial charge is 0.480 e. The van der Waals surface area contributed by atoms with Gasteiger partial charge in [0.05, 0.1) is 6.54 Å². The first kappa shape index (κ1) is 21.7. The number of hydrogen-bond donors (Lipinski definition) is 4. The Bertz CT molecular complexity index is 480. The van der Waals surface area contributed by atoms with Crippen molar-refractivity contribution >= 4 is 23.7 Å². The normalized spacial score (nSPS) is 12.4. The fourth-order valence-corrected chi connectivity index (χ4v) is 1.59. The Morgan fingerprint density at radius 1 is 1.00 bits per heavy atom. The second-order valence-corrected chi connectivity index (χ2v) is 5.43. The van der Waals surface area contributed by atoms with E-state index in [0.717, 1.165) is 0 Å². The number of halogens is 3. The fourth-order valence-electron chi connectivity index (χ4n) is 1.59. The van der Waals surface area contributed by atoms with E-state index in [4.69, 9.17) is 5.11 Å². The number of hydrogen-bond acceptors (Lipinski definition) is 4. The summed E-state index contributed by atoms with van der Waals surface area (Å²) in [5, 5.41) is 14.7. The number of amides is 3. The van der Waals surface area contributed by atoms with Crippen molar-refractivity contribution in [2.45, 2.75) is 38.9 Å². The Morgan fingerprint density at radius 2 is 1.54 bits per heavy atom. The Labute approximate surface area is 136 Å². The highest BCUT2D eigenvalue weighted by Crippen LogP contribution is 2.12. The van der Waals surface area contributed by atoms with Crippen LogP contribution in [0.4, 0.5) is 13.2 Å². The monoisotopic (exact) mass is 355 g/mol. The Kier molecular flexibility index (Phi) is 8.78. The summed E-state index contributed by atoms with van der Waals surface area (Å²) in [4.78, 5) is 44.9. The highest BCUT2D eigenvalue weighted by molar-refractivity contribution is 5.98. The number of carbonyl (C=O) groups is 4. The highest BCUT2D eigenvalue weighted by atomic mass is 19.4. The molecule has 24 heavy (non-hydrogen) atoms. The molecule has 11 heteroatoms. The molecule has 0 aromatic carbocycles. The number of alkyl halides is 3. The molecule has 0 heterocycles. The molecule has 0 aromatic rings. The van der Waals surface area contributed by atoms with Crippen LogP contribution in [0.15, 0.2) is 0 Å². The summed E-state index contributed by atoms with van der Waals surface area (Å²) >= 11 is 0. The van der Waals surface area contributed by atoms with E-state index in [2.05, 4.69) is 5.32 Å². The van der Waals surface area contributed by atoms with E-state index < -0.39 is 55.4 Å². The van der Waals surface area contributed by atoms with E-state index in [1.807, 2.05) is 5.32 Å². The molecule has 4 N–H and O–H groups in total. The van der Waals surface area contributed by atoms with Gasteiger partial charge in [0.2, 0.25) is 17.7 Å². The van der Waals surface area contributed by atoms with E-state index >= 15 is 0 Å². The number of nitrogens with one attached hydrogen (secondary N) is 3. The Balaban J connectivity index is 4.18. The maximum Gasteiger partial charge on any atom is 0.405 e. The molecular weight excluding hydrogens is 335 g/mol. The predicted octanol–water partition coefficient (Wildman–Crippen LogP) is -0.213. The van der Waals surface area contributed by atoms with Gasteiger partial charge in [-0.1, -0.05) is 13.8 Å². The van der Waals surface area contributed by atoms with E-state index in [9.17, 15) is 32.3 Å². The van der Waals surface area contributed by atoms with Gasteiger partial charge in [-0.15, -0.1) is 0 Å². The van der Waals surface area contributed by atoms with E-state index in [0.29, 0.717) is 0 Å². The first-order chi connectivity index (χ1) is 10.9. The third kappa shape index (κ3) is 11.3. The van der Waals surface area contributed by atoms with Gasteiger partial charge in [0.1, 0.15) is 19.0 Å². The van der Waals surface area contributed by atoms with Crippen LogP contribution in [0, 0.1) is 5.92 Å². The van der Waals surface area contributed by atoms with Gasteiger partial charge < -0.3 is 21.1 Å². The predicted molar refractivity (Wildman–Crippen MR) is 75.7 cm³/mol. The molecule has 0 aliphatic rings. The zero-order valence-electron chi connectivity index (χ0n) is 13.2. The molecule has 8 nitrogen and oxygen atoms in total. The van der Waals surface area contributed by atoms with Crippen LogP contribution in [0.3, 0.4) is 0 Å².